The van der Waals surface area contributed by atoms with E-state index in [4.69, 9.17) is 4.42 Å². The molecular weight excluding hydrogens is 270 g/mol. The lowest BCUT2D eigenvalue weighted by molar-refractivity contribution is 0.399. The maximum atomic E-state index is 11.9. The van der Waals surface area contributed by atoms with Gasteiger partial charge in [0, 0.05) is 6.07 Å². The van der Waals surface area contributed by atoms with Crippen LogP contribution < -0.4 is 10.0 Å². The first-order valence-corrected chi connectivity index (χ1v) is 7.28. The van der Waals surface area contributed by atoms with Gasteiger partial charge in [0.2, 0.25) is 5.09 Å². The molecular formula is C11H15N3O4S. The summed E-state index contributed by atoms with van der Waals surface area (Å²) in [5.74, 6) is 0.573. The second-order valence-electron chi connectivity index (χ2n) is 3.82. The molecule has 0 aliphatic carbocycles. The average molecular weight is 285 g/mol. The maximum Gasteiger partial charge on any atom is 0.274 e. The highest BCUT2D eigenvalue weighted by atomic mass is 32.2. The van der Waals surface area contributed by atoms with Gasteiger partial charge in [-0.1, -0.05) is 12.1 Å². The Morgan fingerprint density at radius 1 is 1.26 bits per heavy atom. The van der Waals surface area contributed by atoms with Gasteiger partial charge in [0.1, 0.15) is 12.0 Å². The van der Waals surface area contributed by atoms with E-state index in [1.165, 1.54) is 12.3 Å². The Hall–Kier alpha value is -1.64. The topological polar surface area (TPSA) is 97.4 Å². The molecule has 0 spiro atoms. The van der Waals surface area contributed by atoms with E-state index in [0.29, 0.717) is 18.0 Å². The van der Waals surface area contributed by atoms with Gasteiger partial charge in [-0.15, -0.1) is 0 Å². The van der Waals surface area contributed by atoms with E-state index in [2.05, 4.69) is 19.7 Å². The largest absolute Gasteiger partial charge is 0.447 e. The zero-order chi connectivity index (χ0) is 13.7. The first kappa shape index (κ1) is 13.8. The zero-order valence-corrected chi connectivity index (χ0v) is 11.2. The first-order valence-electron chi connectivity index (χ1n) is 5.80. The van der Waals surface area contributed by atoms with Gasteiger partial charge in [-0.2, -0.15) is 0 Å². The van der Waals surface area contributed by atoms with E-state index >= 15 is 0 Å². The number of hydrogen-bond donors (Lipinski definition) is 2. The Morgan fingerprint density at radius 2 is 2.11 bits per heavy atom. The molecule has 0 saturated heterocycles. The zero-order valence-electron chi connectivity index (χ0n) is 10.4. The van der Waals surface area contributed by atoms with Crippen molar-refractivity contribution in [3.05, 3.63) is 35.9 Å². The highest BCUT2D eigenvalue weighted by Gasteiger charge is 2.18. The number of rotatable bonds is 7. The molecule has 2 N–H and O–H groups in total. The molecule has 2 rings (SSSR count). The summed E-state index contributed by atoms with van der Waals surface area (Å²) in [6, 6.07) is 4.65. The molecule has 0 aliphatic heterocycles. The van der Waals surface area contributed by atoms with Gasteiger partial charge < -0.3 is 14.3 Å². The van der Waals surface area contributed by atoms with Gasteiger partial charge in [0.05, 0.1) is 18.8 Å². The molecule has 7 nitrogen and oxygen atoms in total. The fourth-order valence-electron chi connectivity index (χ4n) is 1.41. The molecule has 0 atom stereocenters. The average Bonchev–Trinajstić information content (AvgIpc) is 3.05. The highest BCUT2D eigenvalue weighted by molar-refractivity contribution is 7.89. The van der Waals surface area contributed by atoms with E-state index in [1.54, 1.807) is 12.1 Å². The van der Waals surface area contributed by atoms with E-state index in [-0.39, 0.29) is 11.6 Å². The quantitative estimate of drug-likeness (QED) is 0.783. The number of sulfonamides is 1. The van der Waals surface area contributed by atoms with Gasteiger partial charge in [-0.05, 0) is 18.7 Å². The second kappa shape index (κ2) is 6.00. The Labute approximate surface area is 111 Å². The van der Waals surface area contributed by atoms with Crippen molar-refractivity contribution >= 4 is 10.0 Å². The summed E-state index contributed by atoms with van der Waals surface area (Å²) in [6.07, 6.45) is 1.38. The molecule has 8 heteroatoms. The van der Waals surface area contributed by atoms with Crippen LogP contribution in [-0.4, -0.2) is 20.1 Å². The predicted molar refractivity (Wildman–Crippen MR) is 66.6 cm³/mol. The summed E-state index contributed by atoms with van der Waals surface area (Å²) >= 11 is 0. The van der Waals surface area contributed by atoms with Gasteiger partial charge >= 0.3 is 0 Å². The van der Waals surface area contributed by atoms with Crippen LogP contribution in [0.25, 0.3) is 0 Å². The molecule has 0 bridgehead atoms. The minimum absolute atomic E-state index is 0.0576. The third-order valence-corrected chi connectivity index (χ3v) is 3.66. The summed E-state index contributed by atoms with van der Waals surface area (Å²) in [5, 5.41) is 6.56. The number of furan rings is 1. The van der Waals surface area contributed by atoms with E-state index < -0.39 is 10.0 Å². The Balaban J connectivity index is 2.00. The van der Waals surface area contributed by atoms with Crippen LogP contribution in [0.4, 0.5) is 0 Å². The standard InChI is InChI=1S/C11H15N3O4S/c1-2-12-8-10-3-4-11(18-10)19(15,16)13-7-9-5-6-17-14-9/h3-6,12-13H,2,7-8H2,1H3. The monoisotopic (exact) mass is 285 g/mol. The molecule has 2 aromatic rings. The molecule has 0 fully saturated rings. The number of nitrogens with one attached hydrogen (secondary N) is 2. The van der Waals surface area contributed by atoms with Crippen LogP contribution in [0.3, 0.4) is 0 Å². The van der Waals surface area contributed by atoms with Crippen molar-refractivity contribution in [3.8, 4) is 0 Å². The molecule has 0 saturated carbocycles. The van der Waals surface area contributed by atoms with Crippen molar-refractivity contribution in [2.24, 2.45) is 0 Å². The number of hydrogen-bond acceptors (Lipinski definition) is 6. The fourth-order valence-corrected chi connectivity index (χ4v) is 2.36. The lowest BCUT2D eigenvalue weighted by Crippen LogP contribution is -2.23. The molecule has 0 unspecified atom stereocenters. The molecule has 0 radical (unpaired) electrons. The minimum Gasteiger partial charge on any atom is -0.447 e. The Kier molecular flexibility index (Phi) is 4.35. The van der Waals surface area contributed by atoms with Gasteiger partial charge in [-0.25, -0.2) is 13.1 Å². The van der Waals surface area contributed by atoms with E-state index in [0.717, 1.165) is 6.54 Å². The third kappa shape index (κ3) is 3.66. The Bertz CT molecular complexity index is 604. The summed E-state index contributed by atoms with van der Waals surface area (Å²) in [6.45, 7) is 3.30. The molecule has 0 amide bonds. The summed E-state index contributed by atoms with van der Waals surface area (Å²) in [5.41, 5.74) is 0.503. The van der Waals surface area contributed by atoms with Gasteiger partial charge in [0.15, 0.2) is 0 Å². The van der Waals surface area contributed by atoms with Crippen LogP contribution >= 0.6 is 0 Å². The fraction of sp³-hybridized carbons (Fsp3) is 0.364. The van der Waals surface area contributed by atoms with Crippen LogP contribution in [0.15, 0.2) is 38.5 Å². The summed E-state index contributed by atoms with van der Waals surface area (Å²) in [4.78, 5) is 0. The van der Waals surface area contributed by atoms with Crippen molar-refractivity contribution < 1.29 is 17.4 Å². The van der Waals surface area contributed by atoms with Crippen LogP contribution in [-0.2, 0) is 23.1 Å². The van der Waals surface area contributed by atoms with Crippen LogP contribution in [0.5, 0.6) is 0 Å². The maximum absolute atomic E-state index is 11.9. The molecule has 104 valence electrons. The van der Waals surface area contributed by atoms with Gasteiger partial charge in [-0.3, -0.25) is 0 Å². The first-order chi connectivity index (χ1) is 9.12. The molecule has 0 aromatic carbocycles. The lowest BCUT2D eigenvalue weighted by Gasteiger charge is -2.02. The normalized spacial score (nSPS) is 11.8. The SMILES string of the molecule is CCNCc1ccc(S(=O)(=O)NCc2ccon2)o1. The van der Waals surface area contributed by atoms with Crippen molar-refractivity contribution in [3.63, 3.8) is 0 Å². The number of aromatic nitrogens is 1. The number of nitrogens with zero attached hydrogens (tertiary/aromatic N) is 1. The highest BCUT2D eigenvalue weighted by Crippen LogP contribution is 2.14. The molecule has 2 heterocycles. The minimum atomic E-state index is -3.67. The molecule has 19 heavy (non-hydrogen) atoms. The van der Waals surface area contributed by atoms with Crippen molar-refractivity contribution in [2.75, 3.05) is 6.54 Å². The second-order valence-corrected chi connectivity index (χ2v) is 5.51. The Morgan fingerprint density at radius 3 is 2.79 bits per heavy atom. The van der Waals surface area contributed by atoms with Crippen molar-refractivity contribution in [2.45, 2.75) is 25.1 Å². The van der Waals surface area contributed by atoms with Crippen LogP contribution in [0.1, 0.15) is 18.4 Å². The van der Waals surface area contributed by atoms with E-state index in [9.17, 15) is 8.42 Å². The van der Waals surface area contributed by atoms with Crippen molar-refractivity contribution in [1.29, 1.82) is 0 Å². The van der Waals surface area contributed by atoms with Crippen LogP contribution in [0.2, 0.25) is 0 Å². The summed E-state index contributed by atoms with van der Waals surface area (Å²) in [7, 11) is -3.67. The molecule has 2 aromatic heterocycles. The molecule has 0 aliphatic rings. The third-order valence-electron chi connectivity index (χ3n) is 2.39. The van der Waals surface area contributed by atoms with Crippen molar-refractivity contribution in [1.82, 2.24) is 15.2 Å². The smallest absolute Gasteiger partial charge is 0.274 e. The van der Waals surface area contributed by atoms with Gasteiger partial charge in [0.25, 0.3) is 10.0 Å². The summed E-state index contributed by atoms with van der Waals surface area (Å²) < 4.78 is 36.1. The predicted octanol–water partition coefficient (Wildman–Crippen LogP) is 0.856. The lowest BCUT2D eigenvalue weighted by atomic mass is 10.4. The van der Waals surface area contributed by atoms with Crippen LogP contribution in [0, 0.1) is 0 Å². The van der Waals surface area contributed by atoms with E-state index in [1.807, 2.05) is 6.92 Å².